The van der Waals surface area contributed by atoms with Gasteiger partial charge in [0, 0.05) is 6.54 Å². The summed E-state index contributed by atoms with van der Waals surface area (Å²) in [5.41, 5.74) is 0.375. The minimum Gasteiger partial charge on any atom is -0.472 e. The summed E-state index contributed by atoms with van der Waals surface area (Å²) in [6, 6.07) is 0.882. The average Bonchev–Trinajstić information content (AvgIpc) is 2.91. The van der Waals surface area contributed by atoms with Gasteiger partial charge in [0.1, 0.15) is 12.3 Å². The van der Waals surface area contributed by atoms with Gasteiger partial charge in [-0.1, -0.05) is 13.8 Å². The maximum absolute atomic E-state index is 11.8. The highest BCUT2D eigenvalue weighted by Crippen LogP contribution is 2.04. The number of rotatable bonds is 7. The van der Waals surface area contributed by atoms with Gasteiger partial charge in [-0.2, -0.15) is 0 Å². The van der Waals surface area contributed by atoms with E-state index in [1.54, 1.807) is 6.92 Å². The lowest BCUT2D eigenvalue weighted by Crippen LogP contribution is -2.45. The van der Waals surface area contributed by atoms with Crippen molar-refractivity contribution in [2.45, 2.75) is 39.3 Å². The van der Waals surface area contributed by atoms with Gasteiger partial charge in [-0.15, -0.1) is 0 Å². The second-order valence-corrected chi connectivity index (χ2v) is 5.10. The quantitative estimate of drug-likeness (QED) is 0.693. The number of aliphatic hydroxyl groups is 1. The molecular weight excluding hydrogens is 260 g/mol. The van der Waals surface area contributed by atoms with Crippen LogP contribution in [0.25, 0.3) is 0 Å². The second-order valence-electron chi connectivity index (χ2n) is 5.10. The SMILES string of the molecule is CC(NC(=O)c1ccoc1)C(=O)NCCC(O)C(C)C. The molecule has 0 aromatic carbocycles. The van der Waals surface area contributed by atoms with Crippen molar-refractivity contribution < 1.29 is 19.1 Å². The average molecular weight is 282 g/mol. The first-order valence-electron chi connectivity index (χ1n) is 6.70. The van der Waals surface area contributed by atoms with Crippen LogP contribution < -0.4 is 10.6 Å². The van der Waals surface area contributed by atoms with Crippen molar-refractivity contribution in [3.63, 3.8) is 0 Å². The molecule has 112 valence electrons. The molecule has 2 atom stereocenters. The summed E-state index contributed by atoms with van der Waals surface area (Å²) in [5.74, 6) is -0.480. The lowest BCUT2D eigenvalue weighted by atomic mass is 10.0. The first-order valence-corrected chi connectivity index (χ1v) is 6.70. The van der Waals surface area contributed by atoms with E-state index >= 15 is 0 Å². The van der Waals surface area contributed by atoms with Crippen LogP contribution in [0.5, 0.6) is 0 Å². The molecule has 0 saturated heterocycles. The van der Waals surface area contributed by atoms with E-state index in [9.17, 15) is 14.7 Å². The van der Waals surface area contributed by atoms with Gasteiger partial charge >= 0.3 is 0 Å². The molecule has 0 radical (unpaired) electrons. The van der Waals surface area contributed by atoms with E-state index in [1.807, 2.05) is 13.8 Å². The molecule has 1 aromatic rings. The van der Waals surface area contributed by atoms with Crippen molar-refractivity contribution in [1.82, 2.24) is 10.6 Å². The van der Waals surface area contributed by atoms with Crippen LogP contribution in [0.3, 0.4) is 0 Å². The van der Waals surface area contributed by atoms with Crippen molar-refractivity contribution in [3.8, 4) is 0 Å². The molecule has 0 aliphatic carbocycles. The fraction of sp³-hybridized carbons (Fsp3) is 0.571. The predicted molar refractivity (Wildman–Crippen MR) is 74.1 cm³/mol. The van der Waals surface area contributed by atoms with E-state index in [0.29, 0.717) is 18.5 Å². The second kappa shape index (κ2) is 7.69. The maximum Gasteiger partial charge on any atom is 0.255 e. The fourth-order valence-electron chi connectivity index (χ4n) is 1.57. The van der Waals surface area contributed by atoms with Gasteiger partial charge in [0.25, 0.3) is 5.91 Å². The molecule has 2 unspecified atom stereocenters. The molecule has 1 aromatic heterocycles. The highest BCUT2D eigenvalue weighted by atomic mass is 16.3. The number of hydrogen-bond donors (Lipinski definition) is 3. The van der Waals surface area contributed by atoms with Gasteiger partial charge < -0.3 is 20.2 Å². The zero-order valence-corrected chi connectivity index (χ0v) is 12.1. The minimum absolute atomic E-state index is 0.158. The van der Waals surface area contributed by atoms with Crippen molar-refractivity contribution in [1.29, 1.82) is 0 Å². The van der Waals surface area contributed by atoms with E-state index in [2.05, 4.69) is 10.6 Å². The van der Waals surface area contributed by atoms with Crippen LogP contribution in [0, 0.1) is 5.92 Å². The largest absolute Gasteiger partial charge is 0.472 e. The molecule has 0 bridgehead atoms. The van der Waals surface area contributed by atoms with E-state index < -0.39 is 12.1 Å². The van der Waals surface area contributed by atoms with Crippen LogP contribution in [-0.2, 0) is 4.79 Å². The van der Waals surface area contributed by atoms with Gasteiger partial charge in [0.2, 0.25) is 5.91 Å². The number of amides is 2. The number of carbonyl (C=O) groups is 2. The molecule has 0 aliphatic rings. The maximum atomic E-state index is 11.8. The Labute approximate surface area is 118 Å². The number of furan rings is 1. The fourth-order valence-corrected chi connectivity index (χ4v) is 1.57. The molecule has 0 aliphatic heterocycles. The molecule has 3 N–H and O–H groups in total. The Kier molecular flexibility index (Phi) is 6.24. The Hall–Kier alpha value is -1.82. The summed E-state index contributed by atoms with van der Waals surface area (Å²) in [5, 5.41) is 14.9. The van der Waals surface area contributed by atoms with Crippen LogP contribution in [-0.4, -0.2) is 35.6 Å². The molecule has 6 heteroatoms. The molecule has 2 amide bonds. The number of aliphatic hydroxyl groups excluding tert-OH is 1. The van der Waals surface area contributed by atoms with Crippen LogP contribution in [0.15, 0.2) is 23.0 Å². The van der Waals surface area contributed by atoms with E-state index in [1.165, 1.54) is 18.6 Å². The van der Waals surface area contributed by atoms with Gasteiger partial charge in [0.15, 0.2) is 0 Å². The molecule has 1 rings (SSSR count). The van der Waals surface area contributed by atoms with Crippen LogP contribution in [0.2, 0.25) is 0 Å². The van der Waals surface area contributed by atoms with Gasteiger partial charge in [-0.3, -0.25) is 9.59 Å². The number of carbonyl (C=O) groups excluding carboxylic acids is 2. The third-order valence-electron chi connectivity index (χ3n) is 3.03. The standard InChI is InChI=1S/C14H22N2O4/c1-9(2)12(17)4-6-15-13(18)10(3)16-14(19)11-5-7-20-8-11/h5,7-10,12,17H,4,6H2,1-3H3,(H,15,18)(H,16,19). The molecular formula is C14H22N2O4. The number of hydrogen-bond acceptors (Lipinski definition) is 4. The first kappa shape index (κ1) is 16.2. The summed E-state index contributed by atoms with van der Waals surface area (Å²) in [6.45, 7) is 5.82. The third-order valence-corrected chi connectivity index (χ3v) is 3.03. The van der Waals surface area contributed by atoms with Gasteiger partial charge in [0.05, 0.1) is 17.9 Å². The molecule has 0 saturated carbocycles. The lowest BCUT2D eigenvalue weighted by Gasteiger charge is -2.16. The predicted octanol–water partition coefficient (Wildman–Crippen LogP) is 0.921. The van der Waals surface area contributed by atoms with Gasteiger partial charge in [-0.25, -0.2) is 0 Å². The molecule has 0 fully saturated rings. The zero-order chi connectivity index (χ0) is 15.1. The summed E-state index contributed by atoms with van der Waals surface area (Å²) < 4.78 is 4.80. The monoisotopic (exact) mass is 282 g/mol. The van der Waals surface area contributed by atoms with Crippen molar-refractivity contribution in [3.05, 3.63) is 24.2 Å². The Balaban J connectivity index is 2.31. The lowest BCUT2D eigenvalue weighted by molar-refractivity contribution is -0.122. The van der Waals surface area contributed by atoms with E-state index in [-0.39, 0.29) is 17.7 Å². The highest BCUT2D eigenvalue weighted by molar-refractivity contribution is 5.97. The van der Waals surface area contributed by atoms with Crippen molar-refractivity contribution in [2.75, 3.05) is 6.54 Å². The Bertz CT molecular complexity index is 428. The van der Waals surface area contributed by atoms with Crippen LogP contribution in [0.1, 0.15) is 37.6 Å². The summed E-state index contributed by atoms with van der Waals surface area (Å²) in [6.07, 6.45) is 2.77. The van der Waals surface area contributed by atoms with E-state index in [4.69, 9.17) is 4.42 Å². The van der Waals surface area contributed by atoms with E-state index in [0.717, 1.165) is 0 Å². The smallest absolute Gasteiger partial charge is 0.255 e. The molecule has 6 nitrogen and oxygen atoms in total. The third kappa shape index (κ3) is 5.05. The van der Waals surface area contributed by atoms with Gasteiger partial charge in [-0.05, 0) is 25.3 Å². The Morgan fingerprint density at radius 1 is 1.35 bits per heavy atom. The topological polar surface area (TPSA) is 91.6 Å². The molecule has 20 heavy (non-hydrogen) atoms. The Morgan fingerprint density at radius 3 is 2.60 bits per heavy atom. The normalized spacial score (nSPS) is 13.8. The summed E-state index contributed by atoms with van der Waals surface area (Å²) in [4.78, 5) is 23.5. The van der Waals surface area contributed by atoms with Crippen molar-refractivity contribution in [2.24, 2.45) is 5.92 Å². The minimum atomic E-state index is -0.645. The number of nitrogens with one attached hydrogen (secondary N) is 2. The van der Waals surface area contributed by atoms with Crippen LogP contribution in [0.4, 0.5) is 0 Å². The van der Waals surface area contributed by atoms with Crippen molar-refractivity contribution >= 4 is 11.8 Å². The van der Waals surface area contributed by atoms with Crippen LogP contribution >= 0.6 is 0 Å². The Morgan fingerprint density at radius 2 is 2.05 bits per heavy atom. The molecule has 0 spiro atoms. The highest BCUT2D eigenvalue weighted by Gasteiger charge is 2.17. The zero-order valence-electron chi connectivity index (χ0n) is 12.1. The summed E-state index contributed by atoms with van der Waals surface area (Å²) >= 11 is 0. The molecule has 1 heterocycles. The first-order chi connectivity index (χ1) is 9.41. The summed E-state index contributed by atoms with van der Waals surface area (Å²) in [7, 11) is 0.